The van der Waals surface area contributed by atoms with Gasteiger partial charge in [-0.25, -0.2) is 9.59 Å². The third-order valence-electron chi connectivity index (χ3n) is 5.29. The van der Waals surface area contributed by atoms with Gasteiger partial charge in [-0.05, 0) is 44.0 Å². The third kappa shape index (κ3) is 4.16. The Hall–Kier alpha value is -3.46. The van der Waals surface area contributed by atoms with Gasteiger partial charge in [-0.1, -0.05) is 12.1 Å². The molecule has 8 nitrogen and oxygen atoms in total. The first-order chi connectivity index (χ1) is 15.4. The van der Waals surface area contributed by atoms with Crippen molar-refractivity contribution in [2.24, 2.45) is 0 Å². The Balaban J connectivity index is 1.64. The highest BCUT2D eigenvalue weighted by molar-refractivity contribution is 7.17. The van der Waals surface area contributed by atoms with Crippen molar-refractivity contribution in [3.05, 3.63) is 57.6 Å². The number of esters is 1. The summed E-state index contributed by atoms with van der Waals surface area (Å²) >= 11 is 1.28. The van der Waals surface area contributed by atoms with E-state index in [9.17, 15) is 14.4 Å². The van der Waals surface area contributed by atoms with E-state index in [0.29, 0.717) is 42.2 Å². The highest BCUT2D eigenvalue weighted by Gasteiger charge is 2.31. The molecule has 0 saturated carbocycles. The minimum Gasteiger partial charge on any atom is -0.465 e. The lowest BCUT2D eigenvalue weighted by atomic mass is 10.0. The number of thiophene rings is 1. The summed E-state index contributed by atoms with van der Waals surface area (Å²) in [4.78, 5) is 44.6. The van der Waals surface area contributed by atoms with E-state index in [-0.39, 0.29) is 5.91 Å². The Morgan fingerprint density at radius 3 is 2.75 bits per heavy atom. The van der Waals surface area contributed by atoms with Crippen LogP contribution < -0.4 is 5.32 Å². The number of hydrogen-bond acceptors (Lipinski definition) is 7. The highest BCUT2D eigenvalue weighted by atomic mass is 32.1. The average Bonchev–Trinajstić information content (AvgIpc) is 3.15. The van der Waals surface area contributed by atoms with Gasteiger partial charge < -0.3 is 19.7 Å². The lowest BCUT2D eigenvalue weighted by molar-refractivity contribution is 0.0600. The SMILES string of the molecule is CCOC(=O)N1CCc2c(sc(NC(=O)c3ccc4ccc(C)nc4c3)c2C(=O)OC)C1. The van der Waals surface area contributed by atoms with Crippen LogP contribution in [-0.4, -0.2) is 48.1 Å². The maximum atomic E-state index is 13.0. The van der Waals surface area contributed by atoms with Gasteiger partial charge in [0, 0.05) is 28.1 Å². The Morgan fingerprint density at radius 2 is 2.00 bits per heavy atom. The predicted molar refractivity (Wildman–Crippen MR) is 121 cm³/mol. The van der Waals surface area contributed by atoms with Crippen LogP contribution in [-0.2, 0) is 22.4 Å². The zero-order chi connectivity index (χ0) is 22.8. The summed E-state index contributed by atoms with van der Waals surface area (Å²) in [6.07, 6.45) is 0.0835. The fourth-order valence-electron chi connectivity index (χ4n) is 3.72. The van der Waals surface area contributed by atoms with Crippen LogP contribution in [0, 0.1) is 6.92 Å². The molecule has 2 amide bonds. The van der Waals surface area contributed by atoms with E-state index in [2.05, 4.69) is 10.3 Å². The number of carbonyl (C=O) groups excluding carboxylic acids is 3. The zero-order valence-electron chi connectivity index (χ0n) is 18.1. The first-order valence-corrected chi connectivity index (χ1v) is 11.1. The van der Waals surface area contributed by atoms with Gasteiger partial charge in [0.15, 0.2) is 0 Å². The molecule has 2 aromatic heterocycles. The average molecular weight is 454 g/mol. The molecule has 0 atom stereocenters. The van der Waals surface area contributed by atoms with E-state index in [1.165, 1.54) is 18.4 Å². The molecule has 32 heavy (non-hydrogen) atoms. The van der Waals surface area contributed by atoms with Gasteiger partial charge in [0.2, 0.25) is 0 Å². The summed E-state index contributed by atoms with van der Waals surface area (Å²) in [7, 11) is 1.31. The van der Waals surface area contributed by atoms with Crippen molar-refractivity contribution in [3.63, 3.8) is 0 Å². The number of aromatic nitrogens is 1. The Morgan fingerprint density at radius 1 is 1.22 bits per heavy atom. The molecule has 0 aliphatic carbocycles. The maximum absolute atomic E-state index is 13.0. The molecular formula is C23H23N3O5S. The van der Waals surface area contributed by atoms with Crippen LogP contribution in [0.2, 0.25) is 0 Å². The number of ether oxygens (including phenoxy) is 2. The van der Waals surface area contributed by atoms with E-state index in [1.54, 1.807) is 24.0 Å². The second kappa shape index (κ2) is 8.96. The molecule has 166 valence electrons. The van der Waals surface area contributed by atoms with E-state index >= 15 is 0 Å². The first kappa shape index (κ1) is 21.8. The van der Waals surface area contributed by atoms with Gasteiger partial charge in [0.05, 0.1) is 31.3 Å². The summed E-state index contributed by atoms with van der Waals surface area (Å²) in [5.74, 6) is -0.862. The Bertz CT molecular complexity index is 1220. The largest absolute Gasteiger partial charge is 0.465 e. The summed E-state index contributed by atoms with van der Waals surface area (Å²) in [6, 6.07) is 9.17. The number of amides is 2. The van der Waals surface area contributed by atoms with Crippen molar-refractivity contribution < 1.29 is 23.9 Å². The van der Waals surface area contributed by atoms with E-state index in [0.717, 1.165) is 27.0 Å². The van der Waals surface area contributed by atoms with Crippen molar-refractivity contribution in [1.29, 1.82) is 0 Å². The second-order valence-corrected chi connectivity index (χ2v) is 8.49. The molecule has 0 unspecified atom stereocenters. The fraction of sp³-hybridized carbons (Fsp3) is 0.304. The molecule has 1 aliphatic heterocycles. The predicted octanol–water partition coefficient (Wildman–Crippen LogP) is 4.16. The molecule has 4 rings (SSSR count). The summed E-state index contributed by atoms with van der Waals surface area (Å²) in [6.45, 7) is 4.69. The quantitative estimate of drug-likeness (QED) is 0.596. The van der Waals surface area contributed by atoms with Crippen LogP contribution in [0.25, 0.3) is 10.9 Å². The molecule has 1 aliphatic rings. The zero-order valence-corrected chi connectivity index (χ0v) is 18.9. The number of carbonyl (C=O) groups is 3. The van der Waals surface area contributed by atoms with Gasteiger partial charge in [-0.3, -0.25) is 9.78 Å². The van der Waals surface area contributed by atoms with Crippen molar-refractivity contribution >= 4 is 45.2 Å². The maximum Gasteiger partial charge on any atom is 0.410 e. The first-order valence-electron chi connectivity index (χ1n) is 10.2. The molecule has 9 heteroatoms. The van der Waals surface area contributed by atoms with Gasteiger partial charge in [-0.15, -0.1) is 11.3 Å². The van der Waals surface area contributed by atoms with Gasteiger partial charge >= 0.3 is 12.1 Å². The van der Waals surface area contributed by atoms with Crippen molar-refractivity contribution in [2.45, 2.75) is 26.8 Å². The van der Waals surface area contributed by atoms with Crippen LogP contribution >= 0.6 is 11.3 Å². The number of anilines is 1. The summed E-state index contributed by atoms with van der Waals surface area (Å²) in [5, 5.41) is 4.21. The number of pyridine rings is 1. The van der Waals surface area contributed by atoms with Crippen LogP contribution in [0.3, 0.4) is 0 Å². The van der Waals surface area contributed by atoms with Crippen LogP contribution in [0.4, 0.5) is 9.80 Å². The second-order valence-electron chi connectivity index (χ2n) is 7.38. The van der Waals surface area contributed by atoms with Crippen LogP contribution in [0.1, 0.15) is 43.8 Å². The molecule has 3 aromatic rings. The standard InChI is InChI=1S/C23H23N3O5S/c1-4-31-23(29)26-10-9-16-18(12-26)32-21(19(16)22(28)30-3)25-20(27)15-8-7-14-6-5-13(2)24-17(14)11-15/h5-8,11H,4,9-10,12H2,1-3H3,(H,25,27). The number of rotatable bonds is 4. The molecular weight excluding hydrogens is 430 g/mol. The molecule has 1 aromatic carbocycles. The number of nitrogens with zero attached hydrogens (tertiary/aromatic N) is 2. The molecule has 0 saturated heterocycles. The number of fused-ring (bicyclic) bond motifs is 2. The number of hydrogen-bond donors (Lipinski definition) is 1. The highest BCUT2D eigenvalue weighted by Crippen LogP contribution is 2.38. The number of benzene rings is 1. The van der Waals surface area contributed by atoms with Gasteiger partial charge in [0.25, 0.3) is 5.91 Å². The topological polar surface area (TPSA) is 97.8 Å². The third-order valence-corrected chi connectivity index (χ3v) is 6.43. The lowest BCUT2D eigenvalue weighted by Crippen LogP contribution is -2.36. The van der Waals surface area contributed by atoms with Crippen molar-refractivity contribution in [3.8, 4) is 0 Å². The van der Waals surface area contributed by atoms with E-state index in [4.69, 9.17) is 9.47 Å². The van der Waals surface area contributed by atoms with Gasteiger partial charge in [-0.2, -0.15) is 0 Å². The molecule has 3 heterocycles. The van der Waals surface area contributed by atoms with E-state index in [1.807, 2.05) is 25.1 Å². The van der Waals surface area contributed by atoms with Crippen molar-refractivity contribution in [1.82, 2.24) is 9.88 Å². The minimum absolute atomic E-state index is 0.293. The molecule has 1 N–H and O–H groups in total. The minimum atomic E-state index is -0.516. The molecule has 0 bridgehead atoms. The van der Waals surface area contributed by atoms with Gasteiger partial charge in [0.1, 0.15) is 5.00 Å². The summed E-state index contributed by atoms with van der Waals surface area (Å²) < 4.78 is 10.1. The Labute approximate surface area is 189 Å². The monoisotopic (exact) mass is 453 g/mol. The fourth-order valence-corrected chi connectivity index (χ4v) is 4.96. The normalized spacial score (nSPS) is 12.9. The molecule has 0 radical (unpaired) electrons. The molecule has 0 spiro atoms. The smallest absolute Gasteiger partial charge is 0.410 e. The lowest BCUT2D eigenvalue weighted by Gasteiger charge is -2.26. The number of aryl methyl sites for hydroxylation is 1. The van der Waals surface area contributed by atoms with Crippen LogP contribution in [0.5, 0.6) is 0 Å². The summed E-state index contributed by atoms with van der Waals surface area (Å²) in [5.41, 5.74) is 3.17. The Kier molecular flexibility index (Phi) is 6.09. The molecule has 0 fully saturated rings. The number of nitrogens with one attached hydrogen (secondary N) is 1. The van der Waals surface area contributed by atoms with Crippen LogP contribution in [0.15, 0.2) is 30.3 Å². The van der Waals surface area contributed by atoms with E-state index < -0.39 is 12.1 Å². The van der Waals surface area contributed by atoms with Crippen molar-refractivity contribution in [2.75, 3.05) is 25.6 Å². The number of methoxy groups -OCH3 is 1.